The Balaban J connectivity index is 2.18. The van der Waals surface area contributed by atoms with Crippen LogP contribution in [0, 0.1) is 0 Å². The summed E-state index contributed by atoms with van der Waals surface area (Å²) in [6.07, 6.45) is 7.11. The average Bonchev–Trinajstić information content (AvgIpc) is 2.18. The maximum atomic E-state index is 9.21. The molecule has 0 fully saturated rings. The molecule has 14 heavy (non-hydrogen) atoms. The van der Waals surface area contributed by atoms with Crippen LogP contribution in [-0.4, -0.2) is 18.8 Å². The van der Waals surface area contributed by atoms with Gasteiger partial charge in [-0.2, -0.15) is 0 Å². The smallest absolute Gasteiger partial charge is 0.210 e. The van der Waals surface area contributed by atoms with E-state index in [9.17, 15) is 5.11 Å². The molecule has 0 aliphatic carbocycles. The van der Waals surface area contributed by atoms with Crippen molar-refractivity contribution in [2.24, 2.45) is 0 Å². The molecule has 1 heterocycles. The van der Waals surface area contributed by atoms with Gasteiger partial charge in [0.05, 0.1) is 0 Å². The first kappa shape index (κ1) is 11.0. The molecule has 0 aliphatic heterocycles. The monoisotopic (exact) mass is 196 g/mol. The number of aromatic nitrogens is 1. The van der Waals surface area contributed by atoms with E-state index in [1.165, 1.54) is 0 Å². The summed E-state index contributed by atoms with van der Waals surface area (Å²) in [6, 6.07) is 3.53. The first-order valence-electron chi connectivity index (χ1n) is 5.00. The Labute approximate surface area is 85.0 Å². The fourth-order valence-electron chi connectivity index (χ4n) is 1.36. The minimum absolute atomic E-state index is 0.324. The average molecular weight is 196 g/mol. The van der Waals surface area contributed by atoms with Gasteiger partial charge in [-0.3, -0.25) is 0 Å². The van der Waals surface area contributed by atoms with Gasteiger partial charge in [-0.15, -0.1) is 0 Å². The lowest BCUT2D eigenvalue weighted by atomic mass is 10.2. The molecule has 3 nitrogen and oxygen atoms in total. The van der Waals surface area contributed by atoms with Gasteiger partial charge in [-0.05, 0) is 18.9 Å². The minimum Gasteiger partial charge on any atom is -0.503 e. The highest BCUT2D eigenvalue weighted by molar-refractivity contribution is 5.09. The molecule has 0 bridgehead atoms. The van der Waals surface area contributed by atoms with Crippen LogP contribution in [-0.2, 0) is 11.3 Å². The van der Waals surface area contributed by atoms with Gasteiger partial charge in [-0.1, -0.05) is 0 Å². The molecular formula is C11H18NO2+. The molecule has 1 aromatic rings. The number of aryl methyl sites for hydroxylation is 1. The van der Waals surface area contributed by atoms with Crippen molar-refractivity contribution >= 4 is 0 Å². The third kappa shape index (κ3) is 4.23. The second kappa shape index (κ2) is 6.38. The molecule has 1 aromatic heterocycles. The Morgan fingerprint density at radius 3 is 2.93 bits per heavy atom. The molecule has 0 spiro atoms. The second-order valence-electron chi connectivity index (χ2n) is 3.35. The van der Waals surface area contributed by atoms with Crippen LogP contribution in [0.3, 0.4) is 0 Å². The number of aromatic hydroxyl groups is 1. The van der Waals surface area contributed by atoms with Crippen LogP contribution in [0.15, 0.2) is 24.5 Å². The van der Waals surface area contributed by atoms with Crippen LogP contribution >= 0.6 is 0 Å². The second-order valence-corrected chi connectivity index (χ2v) is 3.35. The third-order valence-corrected chi connectivity index (χ3v) is 2.11. The van der Waals surface area contributed by atoms with Gasteiger partial charge in [-0.25, -0.2) is 4.57 Å². The largest absolute Gasteiger partial charge is 0.503 e. The van der Waals surface area contributed by atoms with Gasteiger partial charge in [0, 0.05) is 26.2 Å². The molecule has 0 radical (unpaired) electrons. The van der Waals surface area contributed by atoms with E-state index in [-0.39, 0.29) is 0 Å². The Morgan fingerprint density at radius 2 is 2.21 bits per heavy atom. The van der Waals surface area contributed by atoms with Gasteiger partial charge < -0.3 is 9.84 Å². The Kier molecular flexibility index (Phi) is 5.00. The van der Waals surface area contributed by atoms with Crippen LogP contribution < -0.4 is 4.57 Å². The Morgan fingerprint density at radius 1 is 1.36 bits per heavy atom. The maximum Gasteiger partial charge on any atom is 0.210 e. The van der Waals surface area contributed by atoms with Gasteiger partial charge in [0.2, 0.25) is 6.20 Å². The summed E-state index contributed by atoms with van der Waals surface area (Å²) in [5.41, 5.74) is 0. The molecular weight excluding hydrogens is 178 g/mol. The molecule has 1 N–H and O–H groups in total. The van der Waals surface area contributed by atoms with Crippen LogP contribution in [0.1, 0.15) is 19.3 Å². The van der Waals surface area contributed by atoms with Crippen LogP contribution in [0.25, 0.3) is 0 Å². The highest BCUT2D eigenvalue weighted by Crippen LogP contribution is 2.01. The molecule has 0 atom stereocenters. The van der Waals surface area contributed by atoms with Crippen molar-refractivity contribution in [2.45, 2.75) is 25.8 Å². The van der Waals surface area contributed by atoms with Crippen molar-refractivity contribution in [2.75, 3.05) is 13.7 Å². The zero-order chi connectivity index (χ0) is 10.2. The Hall–Kier alpha value is -1.09. The van der Waals surface area contributed by atoms with Crippen LogP contribution in [0.4, 0.5) is 0 Å². The van der Waals surface area contributed by atoms with E-state index in [1.807, 2.05) is 16.8 Å². The number of pyridine rings is 1. The number of nitrogens with zero attached hydrogens (tertiary/aromatic N) is 1. The van der Waals surface area contributed by atoms with E-state index in [0.717, 1.165) is 32.4 Å². The summed E-state index contributed by atoms with van der Waals surface area (Å²) in [5.74, 6) is 0.324. The van der Waals surface area contributed by atoms with E-state index in [4.69, 9.17) is 4.74 Å². The Bertz CT molecular complexity index is 263. The van der Waals surface area contributed by atoms with E-state index < -0.39 is 0 Å². The highest BCUT2D eigenvalue weighted by Gasteiger charge is 2.00. The molecule has 0 saturated carbocycles. The molecule has 1 rings (SSSR count). The number of unbranched alkanes of at least 4 members (excludes halogenated alkanes) is 2. The van der Waals surface area contributed by atoms with E-state index in [0.29, 0.717) is 5.75 Å². The molecule has 0 unspecified atom stereocenters. The molecule has 0 amide bonds. The molecule has 3 heteroatoms. The van der Waals surface area contributed by atoms with Crippen molar-refractivity contribution in [3.05, 3.63) is 24.5 Å². The van der Waals surface area contributed by atoms with Crippen molar-refractivity contribution in [3.8, 4) is 5.75 Å². The lowest BCUT2D eigenvalue weighted by Crippen LogP contribution is -2.32. The first-order chi connectivity index (χ1) is 6.83. The van der Waals surface area contributed by atoms with Gasteiger partial charge in [0.1, 0.15) is 6.54 Å². The summed E-state index contributed by atoms with van der Waals surface area (Å²) in [5, 5.41) is 9.21. The van der Waals surface area contributed by atoms with Crippen molar-refractivity contribution in [3.63, 3.8) is 0 Å². The number of hydrogen-bond donors (Lipinski definition) is 1. The fourth-order valence-corrected chi connectivity index (χ4v) is 1.36. The van der Waals surface area contributed by atoms with Gasteiger partial charge in [0.15, 0.2) is 11.9 Å². The highest BCUT2D eigenvalue weighted by atomic mass is 16.5. The zero-order valence-electron chi connectivity index (χ0n) is 8.65. The van der Waals surface area contributed by atoms with Gasteiger partial charge >= 0.3 is 0 Å². The van der Waals surface area contributed by atoms with Gasteiger partial charge in [0.25, 0.3) is 0 Å². The van der Waals surface area contributed by atoms with Crippen molar-refractivity contribution in [1.29, 1.82) is 0 Å². The quantitative estimate of drug-likeness (QED) is 0.552. The third-order valence-electron chi connectivity index (χ3n) is 2.11. The van der Waals surface area contributed by atoms with Crippen molar-refractivity contribution < 1.29 is 14.4 Å². The molecule has 0 aromatic carbocycles. The summed E-state index contributed by atoms with van der Waals surface area (Å²) in [4.78, 5) is 0. The SMILES string of the molecule is COCCCCC[n+]1cccc(O)c1. The number of methoxy groups -OCH3 is 1. The van der Waals surface area contributed by atoms with Crippen LogP contribution in [0.5, 0.6) is 5.75 Å². The number of hydrogen-bond acceptors (Lipinski definition) is 2. The van der Waals surface area contributed by atoms with Crippen molar-refractivity contribution in [1.82, 2.24) is 0 Å². The van der Waals surface area contributed by atoms with E-state index in [1.54, 1.807) is 19.4 Å². The predicted molar refractivity (Wildman–Crippen MR) is 54.0 cm³/mol. The summed E-state index contributed by atoms with van der Waals surface area (Å²) >= 11 is 0. The number of ether oxygens (including phenoxy) is 1. The topological polar surface area (TPSA) is 33.3 Å². The normalized spacial score (nSPS) is 10.4. The predicted octanol–water partition coefficient (Wildman–Crippen LogP) is 1.50. The van der Waals surface area contributed by atoms with E-state index in [2.05, 4.69) is 0 Å². The first-order valence-corrected chi connectivity index (χ1v) is 5.00. The minimum atomic E-state index is 0.324. The maximum absolute atomic E-state index is 9.21. The molecule has 0 saturated heterocycles. The fraction of sp³-hybridized carbons (Fsp3) is 0.545. The lowest BCUT2D eigenvalue weighted by Gasteiger charge is -1.98. The van der Waals surface area contributed by atoms with Crippen LogP contribution in [0.2, 0.25) is 0 Å². The molecule has 78 valence electrons. The lowest BCUT2D eigenvalue weighted by molar-refractivity contribution is -0.697. The number of rotatable bonds is 6. The summed E-state index contributed by atoms with van der Waals surface area (Å²) in [7, 11) is 1.73. The standard InChI is InChI=1S/C11H17NO2/c1-14-9-4-2-3-7-12-8-5-6-11(13)10-12/h5-6,8,10H,2-4,7,9H2,1H3/p+1. The summed E-state index contributed by atoms with van der Waals surface area (Å²) in [6.45, 7) is 1.79. The van der Waals surface area contributed by atoms with E-state index >= 15 is 0 Å². The summed E-state index contributed by atoms with van der Waals surface area (Å²) < 4.78 is 6.97. The zero-order valence-corrected chi connectivity index (χ0v) is 8.65. The molecule has 0 aliphatic rings.